The highest BCUT2D eigenvalue weighted by molar-refractivity contribution is 5.64. The van der Waals surface area contributed by atoms with Crippen molar-refractivity contribution in [2.75, 3.05) is 7.05 Å². The van der Waals surface area contributed by atoms with E-state index in [1.54, 1.807) is 0 Å². The van der Waals surface area contributed by atoms with Crippen molar-refractivity contribution in [1.82, 2.24) is 5.32 Å². The monoisotopic (exact) mass is 281 g/mol. The van der Waals surface area contributed by atoms with E-state index in [0.717, 1.165) is 12.8 Å². The molecule has 0 aliphatic heterocycles. The van der Waals surface area contributed by atoms with Gasteiger partial charge in [-0.3, -0.25) is 0 Å². The summed E-state index contributed by atoms with van der Waals surface area (Å²) in [7, 11) is 2.03. The van der Waals surface area contributed by atoms with Crippen LogP contribution in [0.5, 0.6) is 0 Å². The molecule has 2 rings (SSSR count). The van der Waals surface area contributed by atoms with Gasteiger partial charge in [-0.15, -0.1) is 0 Å². The molecule has 1 atom stereocenters. The summed E-state index contributed by atoms with van der Waals surface area (Å²) in [4.78, 5) is 0. The summed E-state index contributed by atoms with van der Waals surface area (Å²) in [5, 5.41) is 3.38. The fraction of sp³-hybridized carbons (Fsp3) is 0.400. The first-order valence-corrected chi connectivity index (χ1v) is 8.00. The molecular formula is C20H27N. The van der Waals surface area contributed by atoms with Gasteiger partial charge in [0.1, 0.15) is 0 Å². The largest absolute Gasteiger partial charge is 0.313 e. The molecule has 0 radical (unpaired) electrons. The minimum atomic E-state index is 0.435. The molecule has 0 aliphatic rings. The lowest BCUT2D eigenvalue weighted by Gasteiger charge is -2.15. The smallest absolute Gasteiger partial charge is 0.0315 e. The second-order valence-electron chi connectivity index (χ2n) is 6.17. The second kappa shape index (κ2) is 7.42. The lowest BCUT2D eigenvalue weighted by atomic mass is 9.96. The Bertz CT molecular complexity index is 550. The van der Waals surface area contributed by atoms with E-state index < -0.39 is 0 Å². The quantitative estimate of drug-likeness (QED) is 0.765. The van der Waals surface area contributed by atoms with Gasteiger partial charge >= 0.3 is 0 Å². The number of hydrogen-bond acceptors (Lipinski definition) is 1. The van der Waals surface area contributed by atoms with Gasteiger partial charge in [-0.05, 0) is 54.1 Å². The lowest BCUT2D eigenvalue weighted by Crippen LogP contribution is -2.15. The van der Waals surface area contributed by atoms with Crippen LogP contribution in [0.15, 0.2) is 48.5 Å². The third kappa shape index (κ3) is 4.18. The van der Waals surface area contributed by atoms with Crippen LogP contribution in [-0.2, 0) is 6.42 Å². The molecule has 1 unspecified atom stereocenters. The minimum Gasteiger partial charge on any atom is -0.313 e. The van der Waals surface area contributed by atoms with E-state index in [2.05, 4.69) is 74.6 Å². The third-order valence-corrected chi connectivity index (χ3v) is 3.98. The third-order valence-electron chi connectivity index (χ3n) is 3.98. The zero-order chi connectivity index (χ0) is 15.2. The van der Waals surface area contributed by atoms with Gasteiger partial charge in [-0.25, -0.2) is 0 Å². The van der Waals surface area contributed by atoms with Gasteiger partial charge in [0.05, 0.1) is 0 Å². The number of nitrogens with one attached hydrogen (secondary N) is 1. The van der Waals surface area contributed by atoms with Crippen LogP contribution in [0.3, 0.4) is 0 Å². The highest BCUT2D eigenvalue weighted by Gasteiger charge is 2.07. The van der Waals surface area contributed by atoms with E-state index in [9.17, 15) is 0 Å². The Morgan fingerprint density at radius 1 is 0.952 bits per heavy atom. The fourth-order valence-electron chi connectivity index (χ4n) is 2.85. The topological polar surface area (TPSA) is 12.0 Å². The summed E-state index contributed by atoms with van der Waals surface area (Å²) < 4.78 is 0. The number of rotatable bonds is 6. The molecule has 0 amide bonds. The summed E-state index contributed by atoms with van der Waals surface area (Å²) in [5.41, 5.74) is 5.39. The van der Waals surface area contributed by atoms with E-state index in [-0.39, 0.29) is 0 Å². The summed E-state index contributed by atoms with van der Waals surface area (Å²) in [6, 6.07) is 18.3. The van der Waals surface area contributed by atoms with Gasteiger partial charge in [-0.2, -0.15) is 0 Å². The summed E-state index contributed by atoms with van der Waals surface area (Å²) in [6.07, 6.45) is 2.26. The van der Waals surface area contributed by atoms with Gasteiger partial charge in [0.2, 0.25) is 0 Å². The van der Waals surface area contributed by atoms with Crippen LogP contribution >= 0.6 is 0 Å². The van der Waals surface area contributed by atoms with E-state index in [1.807, 2.05) is 7.05 Å². The molecular weight excluding hydrogens is 254 g/mol. The summed E-state index contributed by atoms with van der Waals surface area (Å²) in [6.45, 7) is 6.74. The first-order valence-electron chi connectivity index (χ1n) is 8.00. The van der Waals surface area contributed by atoms with Crippen LogP contribution < -0.4 is 5.32 Å². The predicted octanol–water partition coefficient (Wildman–Crippen LogP) is 5.22. The molecule has 0 aliphatic carbocycles. The van der Waals surface area contributed by atoms with Crippen molar-refractivity contribution in [3.8, 4) is 11.1 Å². The maximum Gasteiger partial charge on any atom is 0.0315 e. The lowest BCUT2D eigenvalue weighted by molar-refractivity contribution is 0.577. The Labute approximate surface area is 129 Å². The Balaban J connectivity index is 2.23. The van der Waals surface area contributed by atoms with Crippen molar-refractivity contribution in [1.29, 1.82) is 0 Å². The van der Waals surface area contributed by atoms with Gasteiger partial charge in [0.15, 0.2) is 0 Å². The molecule has 1 nitrogen and oxygen atoms in total. The zero-order valence-corrected chi connectivity index (χ0v) is 13.7. The molecule has 0 fully saturated rings. The first-order chi connectivity index (χ1) is 10.1. The maximum atomic E-state index is 3.38. The molecule has 1 N–H and O–H groups in total. The van der Waals surface area contributed by atoms with Gasteiger partial charge in [-0.1, -0.05) is 63.2 Å². The average Bonchev–Trinajstić information content (AvgIpc) is 2.49. The van der Waals surface area contributed by atoms with Crippen molar-refractivity contribution in [2.24, 2.45) is 5.92 Å². The molecule has 1 heteroatoms. The molecule has 21 heavy (non-hydrogen) atoms. The molecule has 0 bridgehead atoms. The van der Waals surface area contributed by atoms with Crippen molar-refractivity contribution < 1.29 is 0 Å². The molecule has 2 aromatic rings. The maximum absolute atomic E-state index is 3.38. The zero-order valence-electron chi connectivity index (χ0n) is 13.7. The average molecular weight is 281 g/mol. The van der Waals surface area contributed by atoms with Crippen LogP contribution in [0.2, 0.25) is 0 Å². The van der Waals surface area contributed by atoms with E-state index in [1.165, 1.54) is 22.3 Å². The number of hydrogen-bond donors (Lipinski definition) is 1. The Morgan fingerprint density at radius 2 is 1.67 bits per heavy atom. The van der Waals surface area contributed by atoms with Gasteiger partial charge in [0, 0.05) is 6.04 Å². The van der Waals surface area contributed by atoms with Crippen LogP contribution in [0.1, 0.15) is 44.4 Å². The highest BCUT2D eigenvalue weighted by Crippen LogP contribution is 2.25. The van der Waals surface area contributed by atoms with Crippen LogP contribution in [0, 0.1) is 5.92 Å². The van der Waals surface area contributed by atoms with E-state index in [4.69, 9.17) is 0 Å². The fourth-order valence-corrected chi connectivity index (χ4v) is 2.85. The molecule has 0 saturated heterocycles. The summed E-state index contributed by atoms with van der Waals surface area (Å²) >= 11 is 0. The molecule has 0 spiro atoms. The second-order valence-corrected chi connectivity index (χ2v) is 6.17. The van der Waals surface area contributed by atoms with E-state index in [0.29, 0.717) is 12.0 Å². The highest BCUT2D eigenvalue weighted by atomic mass is 14.9. The normalized spacial score (nSPS) is 12.6. The standard InChI is InChI=1S/C20H27N/c1-5-20(21-4)19-8-6-7-18(14-19)17-11-9-16(10-12-17)13-15(2)3/h6-12,14-15,20-21H,5,13H2,1-4H3. The first kappa shape index (κ1) is 15.8. The van der Waals surface area contributed by atoms with Gasteiger partial charge < -0.3 is 5.32 Å². The van der Waals surface area contributed by atoms with Crippen LogP contribution in [0.4, 0.5) is 0 Å². The van der Waals surface area contributed by atoms with Crippen molar-refractivity contribution in [3.63, 3.8) is 0 Å². The van der Waals surface area contributed by atoms with Crippen molar-refractivity contribution >= 4 is 0 Å². The Hall–Kier alpha value is -1.60. The molecule has 112 valence electrons. The van der Waals surface area contributed by atoms with Gasteiger partial charge in [0.25, 0.3) is 0 Å². The van der Waals surface area contributed by atoms with Crippen LogP contribution in [0.25, 0.3) is 11.1 Å². The molecule has 0 aromatic heterocycles. The minimum absolute atomic E-state index is 0.435. The Morgan fingerprint density at radius 3 is 2.24 bits per heavy atom. The predicted molar refractivity (Wildman–Crippen MR) is 92.5 cm³/mol. The van der Waals surface area contributed by atoms with E-state index >= 15 is 0 Å². The molecule has 2 aromatic carbocycles. The van der Waals surface area contributed by atoms with Crippen molar-refractivity contribution in [3.05, 3.63) is 59.7 Å². The summed E-state index contributed by atoms with van der Waals surface area (Å²) in [5.74, 6) is 0.708. The molecule has 0 saturated carbocycles. The van der Waals surface area contributed by atoms with Crippen molar-refractivity contribution in [2.45, 2.75) is 39.7 Å². The van der Waals surface area contributed by atoms with Crippen LogP contribution in [-0.4, -0.2) is 7.05 Å². The SMILES string of the molecule is CCC(NC)c1cccc(-c2ccc(CC(C)C)cc2)c1. The Kier molecular flexibility index (Phi) is 5.58. The number of benzene rings is 2. The molecule has 0 heterocycles.